The molecule has 1 unspecified atom stereocenters. The summed E-state index contributed by atoms with van der Waals surface area (Å²) in [4.78, 5) is 0. The second-order valence-electron chi connectivity index (χ2n) is 6.26. The van der Waals surface area contributed by atoms with E-state index in [0.29, 0.717) is 0 Å². The molecule has 0 amide bonds. The van der Waals surface area contributed by atoms with Gasteiger partial charge in [-0.05, 0) is 24.0 Å². The Labute approximate surface area is 137 Å². The van der Waals surface area contributed by atoms with Gasteiger partial charge in [-0.1, -0.05) is 50.5 Å². The molecule has 0 spiro atoms. The van der Waals surface area contributed by atoms with E-state index in [4.69, 9.17) is 4.74 Å². The summed E-state index contributed by atoms with van der Waals surface area (Å²) in [6.45, 7) is 1.77. The lowest BCUT2D eigenvalue weighted by molar-refractivity contribution is -0.231. The first-order valence-corrected chi connectivity index (χ1v) is 8.48. The minimum absolute atomic E-state index is 0.403. The highest BCUT2D eigenvalue weighted by molar-refractivity contribution is 5.31. The number of unbranched alkanes of at least 4 members (excludes halogenated alkanes) is 3. The van der Waals surface area contributed by atoms with Gasteiger partial charge in [0.25, 0.3) is 0 Å². The summed E-state index contributed by atoms with van der Waals surface area (Å²) in [5, 5.41) is 39.5. The van der Waals surface area contributed by atoms with Crippen LogP contribution in [0.4, 0.5) is 0 Å². The zero-order valence-electron chi connectivity index (χ0n) is 13.6. The Morgan fingerprint density at radius 1 is 0.957 bits per heavy atom. The molecule has 1 heterocycles. The van der Waals surface area contributed by atoms with Crippen LogP contribution < -0.4 is 0 Å². The Balaban J connectivity index is 2.16. The molecule has 1 saturated heterocycles. The molecule has 1 aromatic carbocycles. The van der Waals surface area contributed by atoms with E-state index in [1.54, 1.807) is 0 Å². The van der Waals surface area contributed by atoms with E-state index in [0.717, 1.165) is 30.4 Å². The summed E-state index contributed by atoms with van der Waals surface area (Å²) in [6, 6.07) is 7.69. The summed E-state index contributed by atoms with van der Waals surface area (Å²) in [5.74, 6) is 0. The van der Waals surface area contributed by atoms with Crippen molar-refractivity contribution < 1.29 is 25.2 Å². The Morgan fingerprint density at radius 2 is 1.70 bits per heavy atom. The van der Waals surface area contributed by atoms with Crippen molar-refractivity contribution in [1.82, 2.24) is 0 Å². The van der Waals surface area contributed by atoms with E-state index in [1.807, 2.05) is 24.3 Å². The van der Waals surface area contributed by atoms with Gasteiger partial charge in [0, 0.05) is 0 Å². The van der Waals surface area contributed by atoms with Gasteiger partial charge in [0.05, 0.1) is 6.61 Å². The highest BCUT2D eigenvalue weighted by atomic mass is 16.5. The normalized spacial score (nSPS) is 31.3. The minimum atomic E-state index is -1.33. The van der Waals surface area contributed by atoms with Gasteiger partial charge in [-0.2, -0.15) is 0 Å². The Bertz CT molecular complexity index is 476. The number of ether oxygens (including phenoxy) is 1. The van der Waals surface area contributed by atoms with E-state index in [9.17, 15) is 20.4 Å². The fraction of sp³-hybridized carbons (Fsp3) is 0.667. The van der Waals surface area contributed by atoms with Gasteiger partial charge in [0.1, 0.15) is 30.5 Å². The standard InChI is InChI=1S/C18H28O5/c1-2-3-4-5-8-12-9-6-7-10-13(12)18-17(22)16(21)15(20)14(11-19)23-18/h6-7,9-10,14-22H,2-5,8,11H2,1H3/t14-,15-,16+,17+,18?/m1/s1. The van der Waals surface area contributed by atoms with Crippen LogP contribution in [0.1, 0.15) is 49.8 Å². The maximum Gasteiger partial charge on any atom is 0.113 e. The van der Waals surface area contributed by atoms with E-state index >= 15 is 0 Å². The zero-order valence-corrected chi connectivity index (χ0v) is 13.6. The summed E-state index contributed by atoms with van der Waals surface area (Å²) < 4.78 is 5.67. The quantitative estimate of drug-likeness (QED) is 0.568. The van der Waals surface area contributed by atoms with Crippen LogP contribution in [0.25, 0.3) is 0 Å². The van der Waals surface area contributed by atoms with Crippen LogP contribution in [0.2, 0.25) is 0 Å². The molecule has 1 aliphatic heterocycles. The van der Waals surface area contributed by atoms with Gasteiger partial charge < -0.3 is 25.2 Å². The predicted octanol–water partition coefficient (Wildman–Crippen LogP) is 1.32. The first-order chi connectivity index (χ1) is 11.1. The van der Waals surface area contributed by atoms with Crippen LogP contribution >= 0.6 is 0 Å². The average molecular weight is 324 g/mol. The number of hydrogen-bond acceptors (Lipinski definition) is 5. The third-order valence-corrected chi connectivity index (χ3v) is 4.55. The van der Waals surface area contributed by atoms with Crippen LogP contribution in [0, 0.1) is 0 Å². The maximum atomic E-state index is 10.3. The molecule has 0 aliphatic carbocycles. The first kappa shape index (κ1) is 18.4. The molecule has 23 heavy (non-hydrogen) atoms. The van der Waals surface area contributed by atoms with Crippen molar-refractivity contribution >= 4 is 0 Å². The van der Waals surface area contributed by atoms with Crippen LogP contribution in [0.3, 0.4) is 0 Å². The minimum Gasteiger partial charge on any atom is -0.394 e. The maximum absolute atomic E-state index is 10.3. The molecule has 1 aromatic rings. The van der Waals surface area contributed by atoms with Crippen molar-refractivity contribution in [3.8, 4) is 0 Å². The first-order valence-electron chi connectivity index (χ1n) is 8.48. The SMILES string of the molecule is CCCCCCc1ccccc1C1O[C@H](CO)[C@@H](O)[C@H](O)[C@@H]1O. The lowest BCUT2D eigenvalue weighted by Crippen LogP contribution is -2.55. The number of hydrogen-bond donors (Lipinski definition) is 4. The number of aliphatic hydroxyl groups excluding tert-OH is 4. The van der Waals surface area contributed by atoms with Crippen molar-refractivity contribution in [2.75, 3.05) is 6.61 Å². The van der Waals surface area contributed by atoms with E-state index in [-0.39, 0.29) is 0 Å². The highest BCUT2D eigenvalue weighted by Gasteiger charge is 2.44. The molecule has 2 rings (SSSR count). The molecular formula is C18H28O5. The number of rotatable bonds is 7. The van der Waals surface area contributed by atoms with Gasteiger partial charge >= 0.3 is 0 Å². The lowest BCUT2D eigenvalue weighted by Gasteiger charge is -2.40. The van der Waals surface area contributed by atoms with E-state index in [1.165, 1.54) is 12.8 Å². The van der Waals surface area contributed by atoms with Crippen LogP contribution in [0.5, 0.6) is 0 Å². The van der Waals surface area contributed by atoms with Gasteiger partial charge in [-0.25, -0.2) is 0 Å². The molecular weight excluding hydrogens is 296 g/mol. The monoisotopic (exact) mass is 324 g/mol. The Morgan fingerprint density at radius 3 is 2.39 bits per heavy atom. The molecule has 0 radical (unpaired) electrons. The van der Waals surface area contributed by atoms with Gasteiger partial charge in [0.2, 0.25) is 0 Å². The summed E-state index contributed by atoms with van der Waals surface area (Å²) in [7, 11) is 0. The van der Waals surface area contributed by atoms with E-state index < -0.39 is 37.1 Å². The van der Waals surface area contributed by atoms with Crippen LogP contribution in [-0.4, -0.2) is 51.4 Å². The summed E-state index contributed by atoms with van der Waals surface area (Å²) in [6.07, 6.45) is -0.0186. The molecule has 1 fully saturated rings. The average Bonchev–Trinajstić information content (AvgIpc) is 2.58. The van der Waals surface area contributed by atoms with Gasteiger partial charge in [-0.3, -0.25) is 0 Å². The van der Waals surface area contributed by atoms with Crippen molar-refractivity contribution in [1.29, 1.82) is 0 Å². The molecule has 1 aliphatic rings. The number of benzene rings is 1. The third kappa shape index (κ3) is 4.31. The largest absolute Gasteiger partial charge is 0.394 e. The molecule has 4 N–H and O–H groups in total. The third-order valence-electron chi connectivity index (χ3n) is 4.55. The van der Waals surface area contributed by atoms with E-state index in [2.05, 4.69) is 6.92 Å². The molecule has 5 atom stereocenters. The highest BCUT2D eigenvalue weighted by Crippen LogP contribution is 2.34. The zero-order chi connectivity index (χ0) is 16.8. The summed E-state index contributed by atoms with van der Waals surface area (Å²) in [5.41, 5.74) is 1.90. The fourth-order valence-electron chi connectivity index (χ4n) is 3.14. The second kappa shape index (κ2) is 8.76. The van der Waals surface area contributed by atoms with Gasteiger partial charge in [0.15, 0.2) is 0 Å². The van der Waals surface area contributed by atoms with Gasteiger partial charge in [-0.15, -0.1) is 0 Å². The van der Waals surface area contributed by atoms with Crippen molar-refractivity contribution in [2.24, 2.45) is 0 Å². The molecule has 0 aromatic heterocycles. The van der Waals surface area contributed by atoms with Crippen LogP contribution in [-0.2, 0) is 11.2 Å². The molecule has 5 nitrogen and oxygen atoms in total. The van der Waals surface area contributed by atoms with Crippen molar-refractivity contribution in [3.05, 3.63) is 35.4 Å². The second-order valence-corrected chi connectivity index (χ2v) is 6.26. The number of aliphatic hydroxyl groups is 4. The molecule has 5 heteroatoms. The van der Waals surface area contributed by atoms with Crippen molar-refractivity contribution in [2.45, 2.75) is 69.5 Å². The smallest absolute Gasteiger partial charge is 0.113 e. The molecule has 0 saturated carbocycles. The Kier molecular flexibility index (Phi) is 6.99. The molecule has 0 bridgehead atoms. The number of aryl methyl sites for hydroxylation is 1. The van der Waals surface area contributed by atoms with Crippen LogP contribution in [0.15, 0.2) is 24.3 Å². The lowest BCUT2D eigenvalue weighted by atomic mass is 9.88. The molecule has 130 valence electrons. The summed E-state index contributed by atoms with van der Waals surface area (Å²) >= 11 is 0. The Hall–Kier alpha value is -0.980. The van der Waals surface area contributed by atoms with Crippen molar-refractivity contribution in [3.63, 3.8) is 0 Å². The topological polar surface area (TPSA) is 90.2 Å². The fourth-order valence-corrected chi connectivity index (χ4v) is 3.14. The predicted molar refractivity (Wildman–Crippen MR) is 87.0 cm³/mol.